The lowest BCUT2D eigenvalue weighted by Gasteiger charge is -2.58. The standard InChI is InChI=1S/C22H36O/c1-13-5-6-16-17-9-10-22(4)20(15(3)23)7-8-21(22)19(17)12-14(2)18(16)11-13/h13-14,16-21H,5-12H2,1-4H3. The first-order valence-electron chi connectivity index (χ1n) is 10.4. The maximum absolute atomic E-state index is 12.2. The van der Waals surface area contributed by atoms with Crippen molar-refractivity contribution >= 4 is 5.78 Å². The number of hydrogen-bond acceptors (Lipinski definition) is 1. The molecule has 1 heteroatoms. The van der Waals surface area contributed by atoms with Gasteiger partial charge in [0.25, 0.3) is 0 Å². The van der Waals surface area contributed by atoms with E-state index in [1.807, 2.05) is 6.92 Å². The van der Waals surface area contributed by atoms with Crippen molar-refractivity contribution in [1.82, 2.24) is 0 Å². The van der Waals surface area contributed by atoms with Crippen LogP contribution in [0, 0.1) is 52.8 Å². The third kappa shape index (κ3) is 2.35. The molecule has 23 heavy (non-hydrogen) atoms. The molecule has 4 saturated carbocycles. The van der Waals surface area contributed by atoms with Gasteiger partial charge >= 0.3 is 0 Å². The molecule has 4 rings (SSSR count). The summed E-state index contributed by atoms with van der Waals surface area (Å²) >= 11 is 0. The lowest BCUT2D eigenvalue weighted by Crippen LogP contribution is -2.51. The van der Waals surface area contributed by atoms with Crippen molar-refractivity contribution in [3.05, 3.63) is 0 Å². The highest BCUT2D eigenvalue weighted by Crippen LogP contribution is 2.65. The van der Waals surface area contributed by atoms with Crippen LogP contribution in [-0.4, -0.2) is 5.78 Å². The van der Waals surface area contributed by atoms with Crippen molar-refractivity contribution in [3.8, 4) is 0 Å². The second-order valence-electron chi connectivity index (χ2n) is 10.2. The summed E-state index contributed by atoms with van der Waals surface area (Å²) in [5.74, 6) is 7.51. The fourth-order valence-corrected chi connectivity index (χ4v) is 8.09. The Labute approximate surface area is 143 Å². The molecule has 0 spiro atoms. The molecule has 9 atom stereocenters. The minimum Gasteiger partial charge on any atom is -0.300 e. The molecule has 1 nitrogen and oxygen atoms in total. The van der Waals surface area contributed by atoms with Gasteiger partial charge in [-0.25, -0.2) is 0 Å². The minimum atomic E-state index is 0.335. The highest BCUT2D eigenvalue weighted by Gasteiger charge is 2.58. The van der Waals surface area contributed by atoms with Gasteiger partial charge in [-0.1, -0.05) is 27.2 Å². The average molecular weight is 317 g/mol. The first-order valence-corrected chi connectivity index (χ1v) is 10.4. The number of hydrogen-bond donors (Lipinski definition) is 0. The van der Waals surface area contributed by atoms with E-state index in [1.165, 1.54) is 51.4 Å². The van der Waals surface area contributed by atoms with E-state index < -0.39 is 0 Å². The fraction of sp³-hybridized carbons (Fsp3) is 0.955. The summed E-state index contributed by atoms with van der Waals surface area (Å²) in [6, 6.07) is 0. The van der Waals surface area contributed by atoms with E-state index in [1.54, 1.807) is 0 Å². The number of carbonyl (C=O) groups excluding carboxylic acids is 1. The van der Waals surface area contributed by atoms with Crippen molar-refractivity contribution in [3.63, 3.8) is 0 Å². The highest BCUT2D eigenvalue weighted by atomic mass is 16.1. The first kappa shape index (κ1) is 16.2. The summed E-state index contributed by atoms with van der Waals surface area (Å²) in [6.07, 6.45) is 11.2. The van der Waals surface area contributed by atoms with Crippen LogP contribution in [0.5, 0.6) is 0 Å². The molecule has 4 fully saturated rings. The maximum Gasteiger partial charge on any atom is 0.133 e. The van der Waals surface area contributed by atoms with Crippen LogP contribution in [0.4, 0.5) is 0 Å². The Morgan fingerprint density at radius 3 is 2.35 bits per heavy atom. The van der Waals surface area contributed by atoms with Gasteiger partial charge in [-0.2, -0.15) is 0 Å². The number of ketones is 1. The van der Waals surface area contributed by atoms with Gasteiger partial charge < -0.3 is 0 Å². The number of Topliss-reactive ketones (excluding diaryl/α,β-unsaturated/α-hetero) is 1. The zero-order valence-electron chi connectivity index (χ0n) is 15.7. The van der Waals surface area contributed by atoms with Crippen LogP contribution >= 0.6 is 0 Å². The lowest BCUT2D eigenvalue weighted by atomic mass is 9.47. The molecule has 0 radical (unpaired) electrons. The Morgan fingerprint density at radius 2 is 1.61 bits per heavy atom. The lowest BCUT2D eigenvalue weighted by molar-refractivity contribution is -0.129. The molecular weight excluding hydrogens is 280 g/mol. The number of rotatable bonds is 1. The SMILES string of the molecule is CC(=O)C1CCC2C3CC(C)C4CC(C)CCC4C3CCC12C. The zero-order valence-corrected chi connectivity index (χ0v) is 15.7. The van der Waals surface area contributed by atoms with Crippen molar-refractivity contribution < 1.29 is 4.79 Å². The molecule has 0 aromatic carbocycles. The van der Waals surface area contributed by atoms with Crippen molar-refractivity contribution in [2.24, 2.45) is 52.8 Å². The van der Waals surface area contributed by atoms with Crippen LogP contribution in [0.25, 0.3) is 0 Å². The Kier molecular flexibility index (Phi) is 3.93. The van der Waals surface area contributed by atoms with E-state index >= 15 is 0 Å². The molecule has 9 unspecified atom stereocenters. The van der Waals surface area contributed by atoms with Gasteiger partial charge in [0.15, 0.2) is 0 Å². The first-order chi connectivity index (χ1) is 10.9. The van der Waals surface area contributed by atoms with E-state index in [0.29, 0.717) is 17.1 Å². The van der Waals surface area contributed by atoms with Gasteiger partial charge in [0.05, 0.1) is 0 Å². The molecule has 0 heterocycles. The van der Waals surface area contributed by atoms with E-state index in [4.69, 9.17) is 0 Å². The van der Waals surface area contributed by atoms with Crippen LogP contribution in [-0.2, 0) is 4.79 Å². The molecule has 0 bridgehead atoms. The summed E-state index contributed by atoms with van der Waals surface area (Å²) in [5, 5.41) is 0. The predicted molar refractivity (Wildman–Crippen MR) is 95.0 cm³/mol. The highest BCUT2D eigenvalue weighted by molar-refractivity contribution is 5.79. The molecular formula is C22H36O. The molecule has 0 aromatic rings. The topological polar surface area (TPSA) is 17.1 Å². The van der Waals surface area contributed by atoms with E-state index in [0.717, 1.165) is 41.4 Å². The van der Waals surface area contributed by atoms with Crippen molar-refractivity contribution in [2.75, 3.05) is 0 Å². The summed E-state index contributed by atoms with van der Waals surface area (Å²) in [7, 11) is 0. The van der Waals surface area contributed by atoms with E-state index in [-0.39, 0.29) is 0 Å². The largest absolute Gasteiger partial charge is 0.300 e. The number of carbonyl (C=O) groups is 1. The molecule has 0 amide bonds. The molecule has 0 aromatic heterocycles. The summed E-state index contributed by atoms with van der Waals surface area (Å²) in [5.41, 5.74) is 0.335. The third-order valence-electron chi connectivity index (χ3n) is 9.13. The van der Waals surface area contributed by atoms with Gasteiger partial charge in [-0.05, 0) is 98.7 Å². The average Bonchev–Trinajstić information content (AvgIpc) is 2.85. The normalized spacial score (nSPS) is 55.7. The van der Waals surface area contributed by atoms with Crippen LogP contribution < -0.4 is 0 Å². The second kappa shape index (κ2) is 5.60. The van der Waals surface area contributed by atoms with Crippen LogP contribution in [0.15, 0.2) is 0 Å². The second-order valence-corrected chi connectivity index (χ2v) is 10.2. The van der Waals surface area contributed by atoms with Gasteiger partial charge in [0, 0.05) is 5.92 Å². The van der Waals surface area contributed by atoms with Crippen molar-refractivity contribution in [2.45, 2.75) is 79.1 Å². The Morgan fingerprint density at radius 1 is 0.870 bits per heavy atom. The van der Waals surface area contributed by atoms with Crippen molar-refractivity contribution in [1.29, 1.82) is 0 Å². The molecule has 4 aliphatic rings. The molecule has 4 aliphatic carbocycles. The minimum absolute atomic E-state index is 0.335. The predicted octanol–water partition coefficient (Wildman–Crippen LogP) is 5.73. The monoisotopic (exact) mass is 316 g/mol. The Bertz CT molecular complexity index is 482. The summed E-state index contributed by atoms with van der Waals surface area (Å²) in [4.78, 5) is 12.2. The zero-order chi connectivity index (χ0) is 16.4. The smallest absolute Gasteiger partial charge is 0.133 e. The van der Waals surface area contributed by atoms with Crippen LogP contribution in [0.1, 0.15) is 79.1 Å². The summed E-state index contributed by atoms with van der Waals surface area (Å²) < 4.78 is 0. The van der Waals surface area contributed by atoms with Gasteiger partial charge in [0.1, 0.15) is 5.78 Å². The van der Waals surface area contributed by atoms with Gasteiger partial charge in [0.2, 0.25) is 0 Å². The Hall–Kier alpha value is -0.330. The molecule has 0 aliphatic heterocycles. The van der Waals surface area contributed by atoms with E-state index in [2.05, 4.69) is 20.8 Å². The Balaban J connectivity index is 1.60. The molecule has 0 saturated heterocycles. The van der Waals surface area contributed by atoms with Gasteiger partial charge in [-0.3, -0.25) is 4.79 Å². The molecule has 130 valence electrons. The van der Waals surface area contributed by atoms with Crippen LogP contribution in [0.2, 0.25) is 0 Å². The van der Waals surface area contributed by atoms with Gasteiger partial charge in [-0.15, -0.1) is 0 Å². The quantitative estimate of drug-likeness (QED) is 0.604. The fourth-order valence-electron chi connectivity index (χ4n) is 8.09. The summed E-state index contributed by atoms with van der Waals surface area (Å²) in [6.45, 7) is 9.36. The molecule has 0 N–H and O–H groups in total. The maximum atomic E-state index is 12.2. The van der Waals surface area contributed by atoms with E-state index in [9.17, 15) is 4.79 Å². The van der Waals surface area contributed by atoms with Crippen LogP contribution in [0.3, 0.4) is 0 Å². The number of fused-ring (bicyclic) bond motifs is 5. The third-order valence-corrected chi connectivity index (χ3v) is 9.13.